The van der Waals surface area contributed by atoms with Crippen LogP contribution in [0.25, 0.3) is 10.9 Å². The molecule has 5 nitrogen and oxygen atoms in total. The number of rotatable bonds is 0. The highest BCUT2D eigenvalue weighted by Gasteiger charge is 1.88. The normalized spacial score (nSPS) is 8.92. The van der Waals surface area contributed by atoms with Crippen LogP contribution >= 0.6 is 0 Å². The fourth-order valence-corrected chi connectivity index (χ4v) is 0.883. The summed E-state index contributed by atoms with van der Waals surface area (Å²) in [7, 11) is -3.11. The molecule has 0 aliphatic heterocycles. The van der Waals surface area contributed by atoms with Gasteiger partial charge in [0.15, 0.2) is 0 Å². The van der Waals surface area contributed by atoms with E-state index in [-0.39, 0.29) is 0 Å². The van der Waals surface area contributed by atoms with Crippen LogP contribution in [0.5, 0.6) is 0 Å². The average Bonchev–Trinajstić information content (AvgIpc) is 2.49. The van der Waals surface area contributed by atoms with E-state index < -0.39 is 10.6 Å². The minimum Gasteiger partial charge on any atom is -0.278 e. The van der Waals surface area contributed by atoms with Crippen LogP contribution in [0.1, 0.15) is 0 Å². The van der Waals surface area contributed by atoms with E-state index in [1.165, 1.54) is 0 Å². The zero-order valence-electron chi connectivity index (χ0n) is 6.47. The lowest BCUT2D eigenvalue weighted by atomic mass is 10.3. The number of H-pyrrole nitrogens is 1. The second kappa shape index (κ2) is 4.36. The third-order valence-electron chi connectivity index (χ3n) is 1.35. The van der Waals surface area contributed by atoms with E-state index >= 15 is 0 Å². The van der Waals surface area contributed by atoms with Crippen molar-refractivity contribution in [2.75, 3.05) is 0 Å². The molecule has 2 aromatic rings. The van der Waals surface area contributed by atoms with Gasteiger partial charge in [0.2, 0.25) is 0 Å². The maximum atomic E-state index is 8.44. The van der Waals surface area contributed by atoms with Crippen LogP contribution in [-0.2, 0) is 10.6 Å². The number of nitrogens with one attached hydrogen (secondary N) is 1. The lowest BCUT2D eigenvalue weighted by Crippen LogP contribution is -1.63. The Morgan fingerprint density at radius 3 is 2.38 bits per heavy atom. The van der Waals surface area contributed by atoms with E-state index in [9.17, 15) is 0 Å². The first kappa shape index (κ1) is 9.40. The summed E-state index contributed by atoms with van der Waals surface area (Å²) >= 11 is 0. The van der Waals surface area contributed by atoms with Gasteiger partial charge in [0.1, 0.15) is 0 Å². The van der Waals surface area contributed by atoms with Crippen molar-refractivity contribution in [3.05, 3.63) is 30.5 Å². The van der Waals surface area contributed by atoms with E-state index in [2.05, 4.69) is 10.2 Å². The van der Waals surface area contributed by atoms with Gasteiger partial charge in [-0.3, -0.25) is 5.10 Å². The summed E-state index contributed by atoms with van der Waals surface area (Å²) in [6, 6.07) is 8.01. The van der Waals surface area contributed by atoms with Crippen molar-refractivity contribution in [2.45, 2.75) is 0 Å². The lowest BCUT2D eigenvalue weighted by molar-refractivity contribution is 0.559. The number of aromatic nitrogens is 2. The number of fused-ring (bicyclic) bond motifs is 1. The number of hydrogen-bond donors (Lipinski definition) is 1. The van der Waals surface area contributed by atoms with Gasteiger partial charge in [-0.2, -0.15) is 5.10 Å². The summed E-state index contributed by atoms with van der Waals surface area (Å²) in [6.45, 7) is 0. The van der Waals surface area contributed by atoms with Gasteiger partial charge in [0.25, 0.3) is 0 Å². The predicted octanol–water partition coefficient (Wildman–Crippen LogP) is 0.559. The van der Waals surface area contributed by atoms with Crippen LogP contribution in [0.15, 0.2) is 30.5 Å². The topological polar surface area (TPSA) is 79.9 Å². The van der Waals surface area contributed by atoms with Gasteiger partial charge in [0.05, 0.1) is 11.7 Å². The summed E-state index contributed by atoms with van der Waals surface area (Å²) in [5.74, 6) is 0. The van der Waals surface area contributed by atoms with E-state index in [0.29, 0.717) is 0 Å². The highest BCUT2D eigenvalue weighted by atomic mass is 32.2. The molecule has 68 valence electrons. The Bertz CT molecular complexity index is 451. The zero-order chi connectivity index (χ0) is 9.68. The molecule has 0 fully saturated rings. The first-order valence-electron chi connectivity index (χ1n) is 3.35. The third-order valence-corrected chi connectivity index (χ3v) is 1.35. The molecule has 13 heavy (non-hydrogen) atoms. The molecule has 1 N–H and O–H groups in total. The molecule has 0 unspecified atom stereocenters. The third kappa shape index (κ3) is 3.04. The van der Waals surface area contributed by atoms with Gasteiger partial charge in [0, 0.05) is 5.39 Å². The van der Waals surface area contributed by atoms with Crippen molar-refractivity contribution >= 4 is 21.5 Å². The fourth-order valence-electron chi connectivity index (χ4n) is 0.883. The van der Waals surface area contributed by atoms with E-state index in [4.69, 9.17) is 12.6 Å². The van der Waals surface area contributed by atoms with Crippen molar-refractivity contribution in [1.82, 2.24) is 10.2 Å². The monoisotopic (exact) mass is 198 g/mol. The second-order valence-electron chi connectivity index (χ2n) is 2.16. The van der Waals surface area contributed by atoms with Crippen LogP contribution < -0.4 is 0 Å². The van der Waals surface area contributed by atoms with E-state index in [0.717, 1.165) is 10.9 Å². The summed E-state index contributed by atoms with van der Waals surface area (Å²) < 4.78 is 25.3. The standard InChI is InChI=1S/C7H6N2.O3S/c1-2-4-7-6(3-1)5-8-9-7;1-4(2)3/h1-5H,(H,8,9);. The molecule has 1 aromatic carbocycles. The minimum atomic E-state index is -3.11. The van der Waals surface area contributed by atoms with Crippen molar-refractivity contribution in [3.63, 3.8) is 0 Å². The molecule has 0 radical (unpaired) electrons. The molecule has 0 atom stereocenters. The average molecular weight is 198 g/mol. The molecule has 0 saturated carbocycles. The van der Waals surface area contributed by atoms with Gasteiger partial charge < -0.3 is 0 Å². The molecular formula is C7H6N2O3S. The number of nitrogens with zero attached hydrogens (tertiary/aromatic N) is 1. The highest BCUT2D eigenvalue weighted by Crippen LogP contribution is 2.06. The van der Waals surface area contributed by atoms with Crippen molar-refractivity contribution in [2.24, 2.45) is 0 Å². The maximum Gasteiger partial charge on any atom is 0.425 e. The molecule has 1 aromatic heterocycles. The van der Waals surface area contributed by atoms with Gasteiger partial charge in [-0.25, -0.2) is 0 Å². The molecule has 0 bridgehead atoms. The minimum absolute atomic E-state index is 1.09. The van der Waals surface area contributed by atoms with Crippen molar-refractivity contribution < 1.29 is 12.6 Å². The Hall–Kier alpha value is -1.69. The molecule has 0 saturated heterocycles. The first-order valence-corrected chi connectivity index (χ1v) is 4.35. The number of para-hydroxylation sites is 1. The predicted molar refractivity (Wildman–Crippen MR) is 45.8 cm³/mol. The first-order chi connectivity index (χ1) is 6.20. The summed E-state index contributed by atoms with van der Waals surface area (Å²) in [5, 5.41) is 7.91. The molecule has 0 spiro atoms. The summed E-state index contributed by atoms with van der Waals surface area (Å²) in [4.78, 5) is 0. The molecule has 2 rings (SSSR count). The number of benzene rings is 1. The largest absolute Gasteiger partial charge is 0.425 e. The Kier molecular flexibility index (Phi) is 3.15. The van der Waals surface area contributed by atoms with Crippen LogP contribution in [0.4, 0.5) is 0 Å². The van der Waals surface area contributed by atoms with E-state index in [1.807, 2.05) is 30.5 Å². The number of hydrogen-bond acceptors (Lipinski definition) is 4. The van der Waals surface area contributed by atoms with Gasteiger partial charge in [-0.15, -0.1) is 12.6 Å². The Morgan fingerprint density at radius 2 is 1.77 bits per heavy atom. The molecule has 0 aliphatic carbocycles. The van der Waals surface area contributed by atoms with Crippen LogP contribution in [0.2, 0.25) is 0 Å². The fraction of sp³-hybridized carbons (Fsp3) is 0. The molecule has 1 heterocycles. The van der Waals surface area contributed by atoms with Crippen LogP contribution in [0, 0.1) is 0 Å². The van der Waals surface area contributed by atoms with Gasteiger partial charge in [-0.05, 0) is 6.07 Å². The van der Waals surface area contributed by atoms with Crippen LogP contribution in [0.3, 0.4) is 0 Å². The van der Waals surface area contributed by atoms with Gasteiger partial charge in [-0.1, -0.05) is 18.2 Å². The maximum absolute atomic E-state index is 8.44. The van der Waals surface area contributed by atoms with E-state index in [1.54, 1.807) is 0 Å². The van der Waals surface area contributed by atoms with Crippen molar-refractivity contribution in [1.29, 1.82) is 0 Å². The Labute approximate surface area is 75.5 Å². The summed E-state index contributed by atoms with van der Waals surface area (Å²) in [6.07, 6.45) is 1.81. The van der Waals surface area contributed by atoms with Gasteiger partial charge >= 0.3 is 10.6 Å². The molecular weight excluding hydrogens is 192 g/mol. The summed E-state index contributed by atoms with van der Waals surface area (Å²) in [5.41, 5.74) is 1.09. The molecule has 0 amide bonds. The lowest BCUT2D eigenvalue weighted by Gasteiger charge is -1.81. The zero-order valence-corrected chi connectivity index (χ0v) is 7.28. The van der Waals surface area contributed by atoms with Crippen LogP contribution in [-0.4, -0.2) is 22.8 Å². The quantitative estimate of drug-likeness (QED) is 0.670. The smallest absolute Gasteiger partial charge is 0.278 e. The second-order valence-corrected chi connectivity index (χ2v) is 2.57. The SMILES string of the molecule is O=S(=O)=O.c1ccc2[nH]ncc2c1. The number of aromatic amines is 1. The Morgan fingerprint density at radius 1 is 1.15 bits per heavy atom. The molecule has 0 aliphatic rings. The Balaban J connectivity index is 0.000000184. The van der Waals surface area contributed by atoms with Crippen molar-refractivity contribution in [3.8, 4) is 0 Å². The molecule has 6 heteroatoms. The highest BCUT2D eigenvalue weighted by molar-refractivity contribution is 7.59.